The largest absolute Gasteiger partial charge is 0.501 e. The number of likely N-dealkylation sites (tertiary alicyclic amines) is 1. The van der Waals surface area contributed by atoms with Gasteiger partial charge in [0.2, 0.25) is 17.4 Å². The number of anilines is 1. The molecule has 2 fully saturated rings. The van der Waals surface area contributed by atoms with Crippen molar-refractivity contribution in [3.63, 3.8) is 0 Å². The highest BCUT2D eigenvalue weighted by atomic mass is 35.5. The molecule has 2 amide bonds. The van der Waals surface area contributed by atoms with E-state index < -0.39 is 34.7 Å². The molecule has 1 spiro atoms. The van der Waals surface area contributed by atoms with Crippen molar-refractivity contribution in [2.45, 2.75) is 69.2 Å². The van der Waals surface area contributed by atoms with Gasteiger partial charge in [-0.1, -0.05) is 24.6 Å². The molecule has 4 aromatic rings. The van der Waals surface area contributed by atoms with Gasteiger partial charge in [-0.15, -0.1) is 5.10 Å². The first-order chi connectivity index (χ1) is 26.3. The molecule has 4 aliphatic rings. The van der Waals surface area contributed by atoms with Gasteiger partial charge in [0.05, 0.1) is 42.7 Å². The van der Waals surface area contributed by atoms with E-state index in [4.69, 9.17) is 30.8 Å². The number of hydrogen-bond acceptors (Lipinski definition) is 11. The van der Waals surface area contributed by atoms with Crippen LogP contribution >= 0.6 is 11.6 Å². The van der Waals surface area contributed by atoms with Gasteiger partial charge in [0.15, 0.2) is 11.5 Å². The van der Waals surface area contributed by atoms with Gasteiger partial charge in [0, 0.05) is 36.2 Å². The second-order valence-corrected chi connectivity index (χ2v) is 14.7. The Kier molecular flexibility index (Phi) is 9.53. The summed E-state index contributed by atoms with van der Waals surface area (Å²) in [5.74, 6) is -1.44. The Balaban J connectivity index is 1.11. The molecule has 15 nitrogen and oxygen atoms in total. The summed E-state index contributed by atoms with van der Waals surface area (Å²) < 4.78 is 59.2. The summed E-state index contributed by atoms with van der Waals surface area (Å²) in [4.78, 5) is 56.3. The molecule has 3 aromatic heterocycles. The smallest absolute Gasteiger partial charge is 0.416 e. The van der Waals surface area contributed by atoms with Crippen molar-refractivity contribution in [1.29, 1.82) is 0 Å². The van der Waals surface area contributed by atoms with Crippen molar-refractivity contribution in [3.05, 3.63) is 74.3 Å². The van der Waals surface area contributed by atoms with E-state index in [1.807, 2.05) is 13.0 Å². The Morgan fingerprint density at radius 3 is 2.65 bits per heavy atom. The number of rotatable bonds is 7. The zero-order chi connectivity index (χ0) is 38.6. The van der Waals surface area contributed by atoms with Crippen LogP contribution in [0.1, 0.15) is 78.1 Å². The highest BCUT2D eigenvalue weighted by Gasteiger charge is 2.49. The summed E-state index contributed by atoms with van der Waals surface area (Å²) in [7, 11) is 0. The predicted molar refractivity (Wildman–Crippen MR) is 189 cm³/mol. The minimum atomic E-state index is -4.62. The van der Waals surface area contributed by atoms with Crippen LogP contribution in [0.3, 0.4) is 0 Å². The molecule has 0 radical (unpaired) electrons. The topological polar surface area (TPSA) is 175 Å². The molecule has 19 heteroatoms. The van der Waals surface area contributed by atoms with Gasteiger partial charge in [-0.3, -0.25) is 14.4 Å². The number of aromatic nitrogens is 6. The third-order valence-corrected chi connectivity index (χ3v) is 11.1. The van der Waals surface area contributed by atoms with Crippen LogP contribution in [0.4, 0.5) is 18.9 Å². The van der Waals surface area contributed by atoms with Gasteiger partial charge in [-0.05, 0) is 55.4 Å². The van der Waals surface area contributed by atoms with Crippen molar-refractivity contribution in [2.75, 3.05) is 44.8 Å². The number of nitrogens with zero attached hydrogens (tertiary/aromatic N) is 7. The molecule has 0 saturated carbocycles. The lowest BCUT2D eigenvalue weighted by atomic mass is 9.73. The maximum absolute atomic E-state index is 14.5. The lowest BCUT2D eigenvalue weighted by Crippen LogP contribution is -2.46. The standard InChI is InChI=1S/C36H36ClF3N8O7/c1-19-15-35(7-9-46(10-8-35)33(52)27-29(50)31(42-18-41-27)55-22-6-13-54-17-22)26-28(19)47(16-25(49)43-24-3-2-21(14-23(24)37)36(38,39)40)34-44-30(45-48(34)32(26)51)20-4-11-53-12-5-20/h2-4,14,18-19,22,50H,5-13,15-17H2,1H3,(H,43,49). The number of piperidine rings is 1. The molecule has 1 aliphatic carbocycles. The molecule has 3 aliphatic heterocycles. The Bertz CT molecular complexity index is 2280. The van der Waals surface area contributed by atoms with Gasteiger partial charge < -0.3 is 34.1 Å². The van der Waals surface area contributed by atoms with Crippen LogP contribution in [0.5, 0.6) is 11.6 Å². The van der Waals surface area contributed by atoms with Gasteiger partial charge in [0.25, 0.3) is 17.3 Å². The summed E-state index contributed by atoms with van der Waals surface area (Å²) in [6.45, 7) is 3.75. The lowest BCUT2D eigenvalue weighted by molar-refractivity contribution is -0.137. The number of nitrogens with one attached hydrogen (secondary N) is 1. The van der Waals surface area contributed by atoms with Crippen LogP contribution in [0.15, 0.2) is 35.4 Å². The fourth-order valence-corrected chi connectivity index (χ4v) is 8.36. The number of carbonyl (C=O) groups excluding carboxylic acids is 2. The number of amides is 2. The molecule has 2 saturated heterocycles. The number of benzene rings is 1. The summed E-state index contributed by atoms with van der Waals surface area (Å²) in [5, 5.41) is 17.9. The van der Waals surface area contributed by atoms with Crippen LogP contribution in [0, 0.1) is 0 Å². The molecule has 0 bridgehead atoms. The van der Waals surface area contributed by atoms with Crippen LogP contribution in [-0.2, 0) is 32.4 Å². The van der Waals surface area contributed by atoms with Crippen molar-refractivity contribution in [3.8, 4) is 11.6 Å². The number of hydrogen-bond donors (Lipinski definition) is 2. The van der Waals surface area contributed by atoms with Gasteiger partial charge >= 0.3 is 6.18 Å². The van der Waals surface area contributed by atoms with E-state index in [1.165, 1.54) is 4.52 Å². The minimum Gasteiger partial charge on any atom is -0.501 e. The van der Waals surface area contributed by atoms with Gasteiger partial charge in [-0.2, -0.15) is 27.7 Å². The second-order valence-electron chi connectivity index (χ2n) is 14.3. The number of aromatic hydroxyl groups is 1. The van der Waals surface area contributed by atoms with E-state index in [2.05, 4.69) is 20.4 Å². The first-order valence-corrected chi connectivity index (χ1v) is 18.3. The summed E-state index contributed by atoms with van der Waals surface area (Å²) >= 11 is 6.16. The number of alkyl halides is 3. The van der Waals surface area contributed by atoms with E-state index in [9.17, 15) is 32.7 Å². The first-order valence-electron chi connectivity index (χ1n) is 17.9. The molecule has 2 unspecified atom stereocenters. The maximum Gasteiger partial charge on any atom is 0.416 e. The van der Waals surface area contributed by atoms with E-state index >= 15 is 0 Å². The summed E-state index contributed by atoms with van der Waals surface area (Å²) in [6, 6.07) is 2.66. The van der Waals surface area contributed by atoms with E-state index in [0.29, 0.717) is 75.6 Å². The fourth-order valence-electron chi connectivity index (χ4n) is 8.13. The quantitative estimate of drug-likeness (QED) is 0.273. The van der Waals surface area contributed by atoms with Crippen molar-refractivity contribution >= 4 is 40.5 Å². The molecule has 1 aromatic carbocycles. The third kappa shape index (κ3) is 6.80. The highest BCUT2D eigenvalue weighted by molar-refractivity contribution is 6.33. The van der Waals surface area contributed by atoms with E-state index in [-0.39, 0.29) is 65.3 Å². The zero-order valence-corrected chi connectivity index (χ0v) is 30.3. The molecule has 2 atom stereocenters. The summed E-state index contributed by atoms with van der Waals surface area (Å²) in [6.07, 6.45) is 0.543. The van der Waals surface area contributed by atoms with Crippen molar-refractivity contribution in [2.24, 2.45) is 0 Å². The number of carbonyl (C=O) groups is 2. The Morgan fingerprint density at radius 1 is 1.16 bits per heavy atom. The van der Waals surface area contributed by atoms with Crippen LogP contribution in [0.2, 0.25) is 5.02 Å². The minimum absolute atomic E-state index is 0.00888. The van der Waals surface area contributed by atoms with Crippen LogP contribution in [-0.4, -0.2) is 96.6 Å². The first kappa shape index (κ1) is 36.9. The van der Waals surface area contributed by atoms with Gasteiger partial charge in [0.1, 0.15) is 19.0 Å². The Labute approximate surface area is 316 Å². The monoisotopic (exact) mass is 784 g/mol. The van der Waals surface area contributed by atoms with Gasteiger partial charge in [-0.25, -0.2) is 4.98 Å². The lowest BCUT2D eigenvalue weighted by Gasteiger charge is -2.39. The Hall–Kier alpha value is -5.07. The Morgan fingerprint density at radius 2 is 1.96 bits per heavy atom. The average Bonchev–Trinajstić information content (AvgIpc) is 3.91. The normalized spacial score (nSPS) is 20.8. The number of halogens is 4. The second kappa shape index (κ2) is 14.2. The molecule has 2 N–H and O–H groups in total. The molecule has 55 heavy (non-hydrogen) atoms. The number of ether oxygens (including phenoxy) is 3. The fraction of sp³-hybridized carbons (Fsp3) is 0.472. The van der Waals surface area contributed by atoms with E-state index in [0.717, 1.165) is 30.1 Å². The highest BCUT2D eigenvalue weighted by Crippen LogP contribution is 2.50. The summed E-state index contributed by atoms with van der Waals surface area (Å²) in [5.41, 5.74) is -0.382. The number of fused-ring (bicyclic) bond motifs is 3. The molecule has 6 heterocycles. The SMILES string of the molecule is CC1CC2(CCN(C(=O)c3ncnc(OC4CCOC4)c3O)CC2)c2c1n(CC(=O)Nc1ccc(C(F)(F)F)cc1Cl)c1nc(C3=CCOCC3)nn1c2=O. The molecule has 8 rings (SSSR count). The third-order valence-electron chi connectivity index (χ3n) is 10.8. The zero-order valence-electron chi connectivity index (χ0n) is 29.6. The maximum atomic E-state index is 14.5. The van der Waals surface area contributed by atoms with Crippen LogP contribution in [0.25, 0.3) is 11.4 Å². The van der Waals surface area contributed by atoms with Crippen molar-refractivity contribution < 1.29 is 42.1 Å². The van der Waals surface area contributed by atoms with E-state index in [1.54, 1.807) is 9.47 Å². The van der Waals surface area contributed by atoms with Crippen molar-refractivity contribution in [1.82, 2.24) is 34.0 Å². The molecule has 290 valence electrons. The van der Waals surface area contributed by atoms with Crippen LogP contribution < -0.4 is 15.6 Å². The molecular formula is C36H36ClF3N8O7. The predicted octanol–water partition coefficient (Wildman–Crippen LogP) is 4.35. The molecular weight excluding hydrogens is 749 g/mol. The average molecular weight is 785 g/mol.